The first-order valence-electron chi connectivity index (χ1n) is 7.15. The Morgan fingerprint density at radius 1 is 1.33 bits per heavy atom. The van der Waals surface area contributed by atoms with E-state index in [9.17, 15) is 4.79 Å². The van der Waals surface area contributed by atoms with Crippen LogP contribution in [-0.2, 0) is 21.6 Å². The Kier molecular flexibility index (Phi) is 5.38. The predicted octanol–water partition coefficient (Wildman–Crippen LogP) is 4.24. The quantitative estimate of drug-likeness (QED) is 0.459. The van der Waals surface area contributed by atoms with Crippen molar-refractivity contribution in [3.8, 4) is 12.3 Å². The van der Waals surface area contributed by atoms with Gasteiger partial charge in [-0.3, -0.25) is 4.79 Å². The van der Waals surface area contributed by atoms with Crippen LogP contribution < -0.4 is 0 Å². The molecule has 0 saturated carbocycles. The van der Waals surface area contributed by atoms with Gasteiger partial charge in [-0.25, -0.2) is 0 Å². The normalized spacial score (nSPS) is 13.9. The van der Waals surface area contributed by atoms with E-state index in [1.54, 1.807) is 6.92 Å². The monoisotopic (exact) mass is 284 g/mol. The highest BCUT2D eigenvalue weighted by atomic mass is 16.6. The largest absolute Gasteiger partial charge is 0.441 e. The lowest BCUT2D eigenvalue weighted by atomic mass is 9.89. The van der Waals surface area contributed by atoms with Gasteiger partial charge in [0.2, 0.25) is 0 Å². The van der Waals surface area contributed by atoms with Gasteiger partial charge >= 0.3 is 5.97 Å². The van der Waals surface area contributed by atoms with Crippen LogP contribution in [0.1, 0.15) is 45.2 Å². The van der Waals surface area contributed by atoms with Crippen LogP contribution in [0.3, 0.4) is 0 Å². The molecule has 0 spiro atoms. The van der Waals surface area contributed by atoms with Gasteiger partial charge in [0.05, 0.1) is 5.41 Å². The van der Waals surface area contributed by atoms with E-state index in [-0.39, 0.29) is 5.97 Å². The van der Waals surface area contributed by atoms with E-state index in [1.807, 2.05) is 51.1 Å². The molecule has 0 N–H and O–H groups in total. The topological polar surface area (TPSA) is 26.3 Å². The minimum Gasteiger partial charge on any atom is -0.441 e. The Morgan fingerprint density at radius 2 is 1.95 bits per heavy atom. The van der Waals surface area contributed by atoms with Crippen molar-refractivity contribution >= 4 is 5.97 Å². The lowest BCUT2D eigenvalue weighted by Gasteiger charge is -2.30. The van der Waals surface area contributed by atoms with Crippen LogP contribution in [0.5, 0.6) is 0 Å². The number of hydrogen-bond acceptors (Lipinski definition) is 2. The fraction of sp³-hybridized carbons (Fsp3) is 0.421. The zero-order chi connectivity index (χ0) is 16.1. The molecule has 0 aliphatic heterocycles. The second-order valence-corrected chi connectivity index (χ2v) is 6.30. The molecule has 0 saturated heterocycles. The minimum absolute atomic E-state index is 0.304. The summed E-state index contributed by atoms with van der Waals surface area (Å²) in [6, 6.07) is 7.81. The molecule has 1 rings (SSSR count). The number of carbonyl (C=O) groups is 1. The third kappa shape index (κ3) is 4.23. The molecule has 1 unspecified atom stereocenters. The third-order valence-electron chi connectivity index (χ3n) is 3.33. The number of terminal acetylenes is 1. The summed E-state index contributed by atoms with van der Waals surface area (Å²) in [5, 5.41) is 0. The van der Waals surface area contributed by atoms with Crippen LogP contribution in [0.15, 0.2) is 36.9 Å². The van der Waals surface area contributed by atoms with Crippen molar-refractivity contribution in [3.05, 3.63) is 48.0 Å². The van der Waals surface area contributed by atoms with E-state index >= 15 is 0 Å². The fourth-order valence-electron chi connectivity index (χ4n) is 1.96. The van der Waals surface area contributed by atoms with Gasteiger partial charge in [0.1, 0.15) is 0 Å². The number of rotatable bonds is 5. The first-order chi connectivity index (χ1) is 9.74. The highest BCUT2D eigenvalue weighted by Gasteiger charge is 2.35. The number of ether oxygens (including phenoxy) is 1. The Morgan fingerprint density at radius 3 is 2.48 bits per heavy atom. The van der Waals surface area contributed by atoms with Gasteiger partial charge in [-0.1, -0.05) is 36.3 Å². The lowest BCUT2D eigenvalue weighted by molar-refractivity contribution is -0.163. The third-order valence-corrected chi connectivity index (χ3v) is 3.33. The van der Waals surface area contributed by atoms with Crippen molar-refractivity contribution in [2.75, 3.05) is 0 Å². The van der Waals surface area contributed by atoms with Gasteiger partial charge in [0.15, 0.2) is 5.60 Å². The molecule has 0 aromatic heterocycles. The fourth-order valence-corrected chi connectivity index (χ4v) is 1.96. The van der Waals surface area contributed by atoms with Crippen molar-refractivity contribution < 1.29 is 9.53 Å². The van der Waals surface area contributed by atoms with E-state index in [1.165, 1.54) is 0 Å². The van der Waals surface area contributed by atoms with E-state index < -0.39 is 11.0 Å². The van der Waals surface area contributed by atoms with Crippen molar-refractivity contribution in [2.45, 2.75) is 46.1 Å². The van der Waals surface area contributed by atoms with Crippen LogP contribution >= 0.6 is 0 Å². The SMILES string of the molecule is C#CC(C)(OC(=O)C(C)(C)C)c1ccccc1CCC=C. The molecular formula is C19H24O2. The molecule has 112 valence electrons. The number of aryl methyl sites for hydroxylation is 1. The highest BCUT2D eigenvalue weighted by molar-refractivity contribution is 5.76. The molecule has 1 aromatic carbocycles. The van der Waals surface area contributed by atoms with Crippen LogP contribution in [0.4, 0.5) is 0 Å². The first kappa shape index (κ1) is 17.0. The smallest absolute Gasteiger partial charge is 0.313 e. The zero-order valence-corrected chi connectivity index (χ0v) is 13.4. The summed E-state index contributed by atoms with van der Waals surface area (Å²) in [6.07, 6.45) is 9.22. The maximum absolute atomic E-state index is 12.2. The molecule has 2 heteroatoms. The van der Waals surface area contributed by atoms with Crippen molar-refractivity contribution in [1.82, 2.24) is 0 Å². The van der Waals surface area contributed by atoms with Crippen LogP contribution in [0, 0.1) is 17.8 Å². The summed E-state index contributed by atoms with van der Waals surface area (Å²) >= 11 is 0. The van der Waals surface area contributed by atoms with Gasteiger partial charge in [-0.15, -0.1) is 13.0 Å². The van der Waals surface area contributed by atoms with Gasteiger partial charge in [0.25, 0.3) is 0 Å². The van der Waals surface area contributed by atoms with Crippen molar-refractivity contribution in [1.29, 1.82) is 0 Å². The molecule has 21 heavy (non-hydrogen) atoms. The molecule has 0 amide bonds. The Labute approximate surface area is 128 Å². The molecule has 0 aliphatic carbocycles. The lowest BCUT2D eigenvalue weighted by Crippen LogP contribution is -2.34. The van der Waals surface area contributed by atoms with E-state index in [4.69, 9.17) is 11.2 Å². The average molecular weight is 284 g/mol. The standard InChI is InChI=1S/C19H24O2/c1-7-9-12-15-13-10-11-14-16(15)19(6,8-2)21-17(20)18(3,4)5/h2,7,10-11,13-14H,1,9,12H2,3-6H3. The Hall–Kier alpha value is -2.01. The van der Waals surface area contributed by atoms with Crippen LogP contribution in [0.2, 0.25) is 0 Å². The summed E-state index contributed by atoms with van der Waals surface area (Å²) < 4.78 is 5.66. The number of hydrogen-bond donors (Lipinski definition) is 0. The molecule has 0 heterocycles. The minimum atomic E-state index is -1.05. The second kappa shape index (κ2) is 6.63. The Balaban J connectivity index is 3.17. The van der Waals surface area contributed by atoms with Gasteiger partial charge < -0.3 is 4.74 Å². The van der Waals surface area contributed by atoms with E-state index in [0.29, 0.717) is 0 Å². The molecular weight excluding hydrogens is 260 g/mol. The summed E-state index contributed by atoms with van der Waals surface area (Å²) in [5.41, 5.74) is 0.308. The number of carbonyl (C=O) groups excluding carboxylic acids is 1. The number of allylic oxidation sites excluding steroid dienone is 1. The first-order valence-corrected chi connectivity index (χ1v) is 7.15. The average Bonchev–Trinajstić information content (AvgIpc) is 2.44. The zero-order valence-electron chi connectivity index (χ0n) is 13.4. The Bertz CT molecular complexity index is 558. The molecule has 1 aromatic rings. The summed E-state index contributed by atoms with van der Waals surface area (Å²) in [6.45, 7) is 11.0. The van der Waals surface area contributed by atoms with Crippen molar-refractivity contribution in [2.24, 2.45) is 5.41 Å². The summed E-state index contributed by atoms with van der Waals surface area (Å²) in [7, 11) is 0. The molecule has 1 atom stereocenters. The highest BCUT2D eigenvalue weighted by Crippen LogP contribution is 2.31. The second-order valence-electron chi connectivity index (χ2n) is 6.30. The van der Waals surface area contributed by atoms with Gasteiger partial charge in [-0.05, 0) is 46.1 Å². The number of esters is 1. The maximum Gasteiger partial charge on any atom is 0.313 e. The van der Waals surface area contributed by atoms with Crippen LogP contribution in [-0.4, -0.2) is 5.97 Å². The van der Waals surface area contributed by atoms with Crippen molar-refractivity contribution in [3.63, 3.8) is 0 Å². The van der Waals surface area contributed by atoms with E-state index in [2.05, 4.69) is 12.5 Å². The molecule has 0 aliphatic rings. The van der Waals surface area contributed by atoms with Gasteiger partial charge in [0, 0.05) is 5.56 Å². The molecule has 0 radical (unpaired) electrons. The summed E-state index contributed by atoms with van der Waals surface area (Å²) in [5.74, 6) is 2.34. The van der Waals surface area contributed by atoms with Gasteiger partial charge in [-0.2, -0.15) is 0 Å². The number of benzene rings is 1. The molecule has 2 nitrogen and oxygen atoms in total. The maximum atomic E-state index is 12.2. The molecule has 0 bridgehead atoms. The molecule has 0 fully saturated rings. The van der Waals surface area contributed by atoms with Crippen LogP contribution in [0.25, 0.3) is 0 Å². The summed E-state index contributed by atoms with van der Waals surface area (Å²) in [4.78, 5) is 12.2. The van der Waals surface area contributed by atoms with E-state index in [0.717, 1.165) is 24.0 Å². The predicted molar refractivity (Wildman–Crippen MR) is 86.7 cm³/mol.